The van der Waals surface area contributed by atoms with Gasteiger partial charge in [-0.2, -0.15) is 0 Å². The van der Waals surface area contributed by atoms with E-state index in [9.17, 15) is 10.2 Å². The van der Waals surface area contributed by atoms with Crippen LogP contribution in [0.1, 0.15) is 51.5 Å². The third kappa shape index (κ3) is 2.68. The summed E-state index contributed by atoms with van der Waals surface area (Å²) in [5.74, 6) is 1.08. The molecule has 3 heteroatoms. The lowest BCUT2D eigenvalue weighted by molar-refractivity contribution is -0.0826. The number of aliphatic hydroxyl groups excluding tert-OH is 2. The molecular formula is C20H30O3. The number of allylic oxidation sites excluding steroid dienone is 1. The molecule has 2 N–H and O–H groups in total. The van der Waals surface area contributed by atoms with Crippen LogP contribution in [0.2, 0.25) is 0 Å². The smallest absolute Gasteiger partial charge is 0.0934 e. The van der Waals surface area contributed by atoms with E-state index in [1.165, 1.54) is 5.56 Å². The highest BCUT2D eigenvalue weighted by Crippen LogP contribution is 2.61. The average molecular weight is 318 g/mol. The number of aliphatic hydroxyl groups is 2. The molecule has 2 aliphatic carbocycles. The molecule has 1 aromatic rings. The zero-order valence-electron chi connectivity index (χ0n) is 14.4. The summed E-state index contributed by atoms with van der Waals surface area (Å²) in [7, 11) is 0. The van der Waals surface area contributed by atoms with Crippen molar-refractivity contribution in [2.24, 2.45) is 22.7 Å². The fourth-order valence-electron chi connectivity index (χ4n) is 5.35. The molecule has 3 nitrogen and oxygen atoms in total. The van der Waals surface area contributed by atoms with Crippen molar-refractivity contribution in [1.82, 2.24) is 0 Å². The van der Waals surface area contributed by atoms with Crippen LogP contribution < -0.4 is 0 Å². The Hall–Kier alpha value is -1.06. The summed E-state index contributed by atoms with van der Waals surface area (Å²) in [6.45, 7) is 5.03. The normalized spacial score (nSPS) is 37.3. The van der Waals surface area contributed by atoms with Gasteiger partial charge in [-0.1, -0.05) is 19.9 Å². The third-order valence-electron chi connectivity index (χ3n) is 7.08. The van der Waals surface area contributed by atoms with Crippen LogP contribution in [-0.2, 0) is 6.42 Å². The first kappa shape index (κ1) is 16.8. The molecule has 0 unspecified atom stereocenters. The topological polar surface area (TPSA) is 53.6 Å². The van der Waals surface area contributed by atoms with Gasteiger partial charge < -0.3 is 14.6 Å². The minimum Gasteiger partial charge on any atom is -0.472 e. The van der Waals surface area contributed by atoms with Gasteiger partial charge in [0.1, 0.15) is 0 Å². The quantitative estimate of drug-likeness (QED) is 0.808. The van der Waals surface area contributed by atoms with Gasteiger partial charge in [0, 0.05) is 5.41 Å². The first-order valence-electron chi connectivity index (χ1n) is 8.99. The molecule has 1 saturated carbocycles. The van der Waals surface area contributed by atoms with E-state index in [1.807, 2.05) is 6.26 Å². The molecular weight excluding hydrogens is 288 g/mol. The van der Waals surface area contributed by atoms with Crippen LogP contribution in [0.15, 0.2) is 34.7 Å². The average Bonchev–Trinajstić information content (AvgIpc) is 3.09. The van der Waals surface area contributed by atoms with Gasteiger partial charge in [-0.05, 0) is 73.0 Å². The lowest BCUT2D eigenvalue weighted by Crippen LogP contribution is -2.53. The van der Waals surface area contributed by atoms with Gasteiger partial charge in [0.05, 0.1) is 25.7 Å². The zero-order valence-corrected chi connectivity index (χ0v) is 14.4. The summed E-state index contributed by atoms with van der Waals surface area (Å²) < 4.78 is 5.21. The molecule has 2 aliphatic rings. The lowest BCUT2D eigenvalue weighted by Gasteiger charge is -2.58. The number of furan rings is 1. The van der Waals surface area contributed by atoms with Gasteiger partial charge in [0.25, 0.3) is 0 Å². The fraction of sp³-hybridized carbons (Fsp3) is 0.700. The molecule has 0 spiro atoms. The van der Waals surface area contributed by atoms with E-state index in [2.05, 4.69) is 26.0 Å². The Bertz CT molecular complexity index is 547. The number of fused-ring (bicyclic) bond motifs is 1. The molecule has 128 valence electrons. The Morgan fingerprint density at radius 2 is 2.13 bits per heavy atom. The molecule has 4 atom stereocenters. The van der Waals surface area contributed by atoms with Crippen LogP contribution in [0.5, 0.6) is 0 Å². The molecule has 23 heavy (non-hydrogen) atoms. The van der Waals surface area contributed by atoms with Crippen LogP contribution in [0.3, 0.4) is 0 Å². The number of aryl methyl sites for hydroxylation is 1. The van der Waals surface area contributed by atoms with Crippen molar-refractivity contribution in [2.75, 3.05) is 13.2 Å². The van der Waals surface area contributed by atoms with Gasteiger partial charge >= 0.3 is 0 Å². The van der Waals surface area contributed by atoms with E-state index >= 15 is 0 Å². The Labute approximate surface area is 139 Å². The summed E-state index contributed by atoms with van der Waals surface area (Å²) >= 11 is 0. The number of rotatable bonds is 5. The third-order valence-corrected chi connectivity index (χ3v) is 7.08. The molecule has 0 saturated heterocycles. The first-order chi connectivity index (χ1) is 11.1. The SMILES string of the molecule is C[C@@H]1CC[C@@]2(CO)C(CO)=CCC[C@H]2[C@@]1(C)CCc1ccoc1. The zero-order chi connectivity index (χ0) is 16.5. The van der Waals surface area contributed by atoms with Crippen molar-refractivity contribution in [1.29, 1.82) is 0 Å². The second kappa shape index (κ2) is 6.45. The van der Waals surface area contributed by atoms with Crippen LogP contribution in [-0.4, -0.2) is 23.4 Å². The van der Waals surface area contributed by atoms with E-state index in [4.69, 9.17) is 4.42 Å². The van der Waals surface area contributed by atoms with Gasteiger partial charge in [-0.15, -0.1) is 0 Å². The molecule has 1 aromatic heterocycles. The maximum absolute atomic E-state index is 10.3. The molecule has 0 amide bonds. The first-order valence-corrected chi connectivity index (χ1v) is 8.99. The molecule has 0 aliphatic heterocycles. The Kier molecular flexibility index (Phi) is 4.70. The van der Waals surface area contributed by atoms with Gasteiger partial charge in [-0.25, -0.2) is 0 Å². The second-order valence-corrected chi connectivity index (χ2v) is 7.91. The number of hydrogen-bond donors (Lipinski definition) is 2. The summed E-state index contributed by atoms with van der Waals surface area (Å²) in [4.78, 5) is 0. The predicted octanol–water partition coefficient (Wildman–Crippen LogP) is 3.96. The summed E-state index contributed by atoms with van der Waals surface area (Å²) in [6, 6.07) is 2.05. The Morgan fingerprint density at radius 3 is 2.78 bits per heavy atom. The van der Waals surface area contributed by atoms with Crippen LogP contribution in [0, 0.1) is 22.7 Å². The van der Waals surface area contributed by atoms with E-state index in [-0.39, 0.29) is 24.0 Å². The molecule has 0 aromatic carbocycles. The van der Waals surface area contributed by atoms with E-state index in [1.54, 1.807) is 6.26 Å². The highest BCUT2D eigenvalue weighted by molar-refractivity contribution is 5.24. The summed E-state index contributed by atoms with van der Waals surface area (Å²) in [5, 5.41) is 20.1. The monoisotopic (exact) mass is 318 g/mol. The van der Waals surface area contributed by atoms with Crippen molar-refractivity contribution >= 4 is 0 Å². The molecule has 1 fully saturated rings. The Balaban J connectivity index is 1.90. The number of hydrogen-bond acceptors (Lipinski definition) is 3. The van der Waals surface area contributed by atoms with Crippen molar-refractivity contribution in [3.05, 3.63) is 35.8 Å². The van der Waals surface area contributed by atoms with Crippen molar-refractivity contribution < 1.29 is 14.6 Å². The van der Waals surface area contributed by atoms with E-state index in [0.717, 1.165) is 44.1 Å². The maximum Gasteiger partial charge on any atom is 0.0934 e. The van der Waals surface area contributed by atoms with Crippen molar-refractivity contribution in [2.45, 2.75) is 52.4 Å². The maximum atomic E-state index is 10.3. The van der Waals surface area contributed by atoms with Crippen molar-refractivity contribution in [3.63, 3.8) is 0 Å². The molecule has 3 rings (SSSR count). The fourth-order valence-corrected chi connectivity index (χ4v) is 5.35. The Morgan fingerprint density at radius 1 is 1.30 bits per heavy atom. The van der Waals surface area contributed by atoms with Gasteiger partial charge in [0.2, 0.25) is 0 Å². The van der Waals surface area contributed by atoms with Gasteiger partial charge in [-0.3, -0.25) is 0 Å². The second-order valence-electron chi connectivity index (χ2n) is 7.91. The standard InChI is InChI=1S/C20H30O3/c1-15-6-10-20(14-22)17(12-21)4-3-5-18(20)19(15,2)9-7-16-8-11-23-13-16/h4,8,11,13,15,18,21-22H,3,5-7,9-10,12,14H2,1-2H3/t15-,18+,19+,20-/m1/s1. The van der Waals surface area contributed by atoms with E-state index < -0.39 is 0 Å². The minimum atomic E-state index is -0.204. The molecule has 0 radical (unpaired) electrons. The predicted molar refractivity (Wildman–Crippen MR) is 90.9 cm³/mol. The van der Waals surface area contributed by atoms with Crippen LogP contribution in [0.4, 0.5) is 0 Å². The lowest BCUT2D eigenvalue weighted by atomic mass is 9.46. The summed E-state index contributed by atoms with van der Waals surface area (Å²) in [6.07, 6.45) is 12.2. The van der Waals surface area contributed by atoms with Crippen LogP contribution in [0.25, 0.3) is 0 Å². The molecule has 0 bridgehead atoms. The van der Waals surface area contributed by atoms with Gasteiger partial charge in [0.15, 0.2) is 0 Å². The molecule has 1 heterocycles. The van der Waals surface area contributed by atoms with Crippen LogP contribution >= 0.6 is 0 Å². The van der Waals surface area contributed by atoms with E-state index in [0.29, 0.717) is 11.8 Å². The largest absolute Gasteiger partial charge is 0.472 e. The van der Waals surface area contributed by atoms with Crippen molar-refractivity contribution in [3.8, 4) is 0 Å². The minimum absolute atomic E-state index is 0.0866. The highest BCUT2D eigenvalue weighted by Gasteiger charge is 2.55. The summed E-state index contributed by atoms with van der Waals surface area (Å²) in [5.41, 5.74) is 2.32. The highest BCUT2D eigenvalue weighted by atomic mass is 16.3.